The molecule has 0 atom stereocenters. The van der Waals surface area contributed by atoms with E-state index >= 15 is 0 Å². The number of ether oxygens (including phenoxy) is 1. The monoisotopic (exact) mass is 257 g/mol. The van der Waals surface area contributed by atoms with Crippen molar-refractivity contribution < 1.29 is 22.7 Å². The molecule has 1 amide bonds. The molecule has 0 unspecified atom stereocenters. The lowest BCUT2D eigenvalue weighted by Crippen LogP contribution is -2.28. The predicted octanol–water partition coefficient (Wildman–Crippen LogP) is 0.298. The van der Waals surface area contributed by atoms with Crippen molar-refractivity contribution in [3.8, 4) is 0 Å². The summed E-state index contributed by atoms with van der Waals surface area (Å²) >= 11 is 0. The van der Waals surface area contributed by atoms with Crippen molar-refractivity contribution in [2.24, 2.45) is 0 Å². The van der Waals surface area contributed by atoms with Gasteiger partial charge in [0.15, 0.2) is 0 Å². The largest absolute Gasteiger partial charge is 0.465 e. The van der Waals surface area contributed by atoms with Crippen molar-refractivity contribution in [1.82, 2.24) is 4.72 Å². The first-order chi connectivity index (χ1) is 7.86. The number of carbonyl (C=O) groups excluding carboxylic acids is 2. The number of benzene rings is 1. The van der Waals surface area contributed by atoms with E-state index in [1.807, 2.05) is 4.72 Å². The second-order valence-corrected chi connectivity index (χ2v) is 4.86. The summed E-state index contributed by atoms with van der Waals surface area (Å²) in [6.45, 7) is 1.10. The van der Waals surface area contributed by atoms with Gasteiger partial charge in [0.25, 0.3) is 10.0 Å². The molecule has 17 heavy (non-hydrogen) atoms. The number of carbonyl (C=O) groups is 2. The topological polar surface area (TPSA) is 89.5 Å². The quantitative estimate of drug-likeness (QED) is 0.786. The molecule has 0 aliphatic heterocycles. The first-order valence-corrected chi connectivity index (χ1v) is 6.07. The fourth-order valence-corrected chi connectivity index (χ4v) is 2.13. The molecule has 92 valence electrons. The maximum absolute atomic E-state index is 11.5. The van der Waals surface area contributed by atoms with E-state index in [0.717, 1.165) is 6.92 Å². The SMILES string of the molecule is COC(=O)c1ccc(S(=O)(=O)NC(C)=O)cc1. The molecule has 0 saturated heterocycles. The van der Waals surface area contributed by atoms with Gasteiger partial charge in [0.2, 0.25) is 5.91 Å². The lowest BCUT2D eigenvalue weighted by molar-refractivity contribution is -0.117. The number of sulfonamides is 1. The Kier molecular flexibility index (Phi) is 3.84. The van der Waals surface area contributed by atoms with Crippen LogP contribution in [-0.2, 0) is 19.6 Å². The molecule has 0 fully saturated rings. The van der Waals surface area contributed by atoms with E-state index in [0.29, 0.717) is 0 Å². The Labute approximate surface area is 98.6 Å². The van der Waals surface area contributed by atoms with Crippen molar-refractivity contribution >= 4 is 21.9 Å². The highest BCUT2D eigenvalue weighted by Crippen LogP contribution is 2.11. The Morgan fingerprint density at radius 1 is 1.18 bits per heavy atom. The summed E-state index contributed by atoms with van der Waals surface area (Å²) in [5, 5.41) is 0. The molecular weight excluding hydrogens is 246 g/mol. The summed E-state index contributed by atoms with van der Waals surface area (Å²) in [7, 11) is -2.63. The predicted molar refractivity (Wildman–Crippen MR) is 58.8 cm³/mol. The van der Waals surface area contributed by atoms with Crippen molar-refractivity contribution in [3.63, 3.8) is 0 Å². The van der Waals surface area contributed by atoms with Crippen LogP contribution in [0.1, 0.15) is 17.3 Å². The number of hydrogen-bond donors (Lipinski definition) is 1. The van der Waals surface area contributed by atoms with E-state index in [4.69, 9.17) is 0 Å². The Morgan fingerprint density at radius 3 is 2.12 bits per heavy atom. The lowest BCUT2D eigenvalue weighted by Gasteiger charge is -2.05. The summed E-state index contributed by atoms with van der Waals surface area (Å²) < 4.78 is 29.4. The Morgan fingerprint density at radius 2 is 1.71 bits per heavy atom. The minimum atomic E-state index is -3.86. The zero-order chi connectivity index (χ0) is 13.1. The van der Waals surface area contributed by atoms with Gasteiger partial charge in [-0.05, 0) is 24.3 Å². The third-order valence-electron chi connectivity index (χ3n) is 1.86. The molecule has 0 spiro atoms. The van der Waals surface area contributed by atoms with Crippen molar-refractivity contribution in [3.05, 3.63) is 29.8 Å². The highest BCUT2D eigenvalue weighted by atomic mass is 32.2. The summed E-state index contributed by atoms with van der Waals surface area (Å²) in [4.78, 5) is 21.7. The van der Waals surface area contributed by atoms with Crippen LogP contribution in [0.15, 0.2) is 29.2 Å². The molecule has 0 aliphatic carbocycles. The molecule has 7 heteroatoms. The Hall–Kier alpha value is -1.89. The van der Waals surface area contributed by atoms with E-state index in [-0.39, 0.29) is 10.5 Å². The van der Waals surface area contributed by atoms with Crippen LogP contribution in [-0.4, -0.2) is 27.4 Å². The van der Waals surface area contributed by atoms with Crippen LogP contribution in [0.4, 0.5) is 0 Å². The van der Waals surface area contributed by atoms with E-state index in [2.05, 4.69) is 4.74 Å². The first kappa shape index (κ1) is 13.2. The highest BCUT2D eigenvalue weighted by Gasteiger charge is 2.16. The van der Waals surface area contributed by atoms with Crippen LogP contribution < -0.4 is 4.72 Å². The van der Waals surface area contributed by atoms with Gasteiger partial charge in [-0.1, -0.05) is 0 Å². The van der Waals surface area contributed by atoms with Gasteiger partial charge in [0.1, 0.15) is 0 Å². The maximum atomic E-state index is 11.5. The lowest BCUT2D eigenvalue weighted by atomic mass is 10.2. The van der Waals surface area contributed by atoms with Crippen molar-refractivity contribution in [2.45, 2.75) is 11.8 Å². The molecule has 1 aromatic rings. The van der Waals surface area contributed by atoms with E-state index < -0.39 is 21.9 Å². The normalized spacial score (nSPS) is 10.7. The number of rotatable bonds is 3. The fourth-order valence-electron chi connectivity index (χ4n) is 1.14. The Bertz CT molecular complexity index is 532. The van der Waals surface area contributed by atoms with Crippen LogP contribution >= 0.6 is 0 Å². The molecule has 1 aromatic carbocycles. The third-order valence-corrected chi connectivity index (χ3v) is 3.31. The molecular formula is C10H11NO5S. The van der Waals surface area contributed by atoms with Gasteiger partial charge in [0.05, 0.1) is 17.6 Å². The zero-order valence-electron chi connectivity index (χ0n) is 9.26. The van der Waals surface area contributed by atoms with Crippen molar-refractivity contribution in [2.75, 3.05) is 7.11 Å². The van der Waals surface area contributed by atoms with Crippen LogP contribution in [0.25, 0.3) is 0 Å². The molecule has 0 bridgehead atoms. The molecule has 0 radical (unpaired) electrons. The average molecular weight is 257 g/mol. The molecule has 0 saturated carbocycles. The van der Waals surface area contributed by atoms with Gasteiger partial charge in [-0.2, -0.15) is 0 Å². The number of nitrogens with one attached hydrogen (secondary N) is 1. The minimum absolute atomic E-state index is 0.0969. The highest BCUT2D eigenvalue weighted by molar-refractivity contribution is 7.90. The summed E-state index contributed by atoms with van der Waals surface area (Å²) in [6.07, 6.45) is 0. The van der Waals surface area contributed by atoms with E-state index in [1.54, 1.807) is 0 Å². The number of esters is 1. The van der Waals surface area contributed by atoms with Gasteiger partial charge in [-0.15, -0.1) is 0 Å². The second kappa shape index (κ2) is 4.96. The smallest absolute Gasteiger partial charge is 0.337 e. The first-order valence-electron chi connectivity index (χ1n) is 4.58. The van der Waals surface area contributed by atoms with Crippen LogP contribution in [0, 0.1) is 0 Å². The second-order valence-electron chi connectivity index (χ2n) is 3.18. The van der Waals surface area contributed by atoms with Gasteiger partial charge in [-0.3, -0.25) is 4.79 Å². The summed E-state index contributed by atoms with van der Waals surface area (Å²) in [5.41, 5.74) is 0.231. The standard InChI is InChI=1S/C10H11NO5S/c1-7(12)11-17(14,15)9-5-3-8(4-6-9)10(13)16-2/h3-6H,1-2H3,(H,11,12). The molecule has 0 heterocycles. The number of hydrogen-bond acceptors (Lipinski definition) is 5. The number of methoxy groups -OCH3 is 1. The third kappa shape index (κ3) is 3.28. The van der Waals surface area contributed by atoms with Gasteiger partial charge < -0.3 is 4.74 Å². The van der Waals surface area contributed by atoms with E-state index in [9.17, 15) is 18.0 Å². The van der Waals surface area contributed by atoms with Gasteiger partial charge >= 0.3 is 5.97 Å². The zero-order valence-corrected chi connectivity index (χ0v) is 10.1. The van der Waals surface area contributed by atoms with Gasteiger partial charge in [-0.25, -0.2) is 17.9 Å². The summed E-state index contributed by atoms with van der Waals surface area (Å²) in [6, 6.07) is 5.05. The average Bonchev–Trinajstić information content (AvgIpc) is 2.26. The molecule has 1 N–H and O–H groups in total. The van der Waals surface area contributed by atoms with E-state index in [1.165, 1.54) is 31.4 Å². The van der Waals surface area contributed by atoms with Crippen LogP contribution in [0.3, 0.4) is 0 Å². The molecule has 1 rings (SSSR count). The summed E-state index contributed by atoms with van der Waals surface area (Å²) in [5.74, 6) is -1.24. The van der Waals surface area contributed by atoms with Crippen LogP contribution in [0.2, 0.25) is 0 Å². The molecule has 6 nitrogen and oxygen atoms in total. The van der Waals surface area contributed by atoms with Gasteiger partial charge in [0, 0.05) is 6.92 Å². The minimum Gasteiger partial charge on any atom is -0.465 e. The fraction of sp³-hybridized carbons (Fsp3) is 0.200. The molecule has 0 aromatic heterocycles. The number of amides is 1. The maximum Gasteiger partial charge on any atom is 0.337 e. The van der Waals surface area contributed by atoms with Crippen LogP contribution in [0.5, 0.6) is 0 Å². The van der Waals surface area contributed by atoms with Crippen molar-refractivity contribution in [1.29, 1.82) is 0 Å². The molecule has 0 aliphatic rings. The Balaban J connectivity index is 3.03.